The zero-order valence-corrected chi connectivity index (χ0v) is 12.3. The molecule has 6 heteroatoms. The van der Waals surface area contributed by atoms with Crippen molar-refractivity contribution in [3.63, 3.8) is 0 Å². The van der Waals surface area contributed by atoms with Gasteiger partial charge in [0.2, 0.25) is 5.91 Å². The van der Waals surface area contributed by atoms with E-state index in [1.165, 1.54) is 0 Å². The third-order valence-electron chi connectivity index (χ3n) is 3.67. The molecule has 0 radical (unpaired) electrons. The first-order valence-corrected chi connectivity index (χ1v) is 8.14. The highest BCUT2D eigenvalue weighted by Gasteiger charge is 2.42. The van der Waals surface area contributed by atoms with Gasteiger partial charge < -0.3 is 16.0 Å². The number of fused-ring (bicyclic) bond motifs is 1. The normalized spacial score (nSPS) is 27.4. The summed E-state index contributed by atoms with van der Waals surface area (Å²) in [5, 5.41) is 9.19. The second-order valence-electron chi connectivity index (χ2n) is 5.17. The van der Waals surface area contributed by atoms with E-state index in [2.05, 4.69) is 21.9 Å². The predicted octanol–water partition coefficient (Wildman–Crippen LogP) is 0.852. The molecule has 0 saturated carbocycles. The van der Waals surface area contributed by atoms with Gasteiger partial charge in [-0.25, -0.2) is 4.79 Å². The monoisotopic (exact) mass is 295 g/mol. The smallest absolute Gasteiger partial charge is 0.315 e. The van der Waals surface area contributed by atoms with Crippen molar-refractivity contribution >= 4 is 23.7 Å². The Morgan fingerprint density at radius 3 is 3.10 bits per heavy atom. The van der Waals surface area contributed by atoms with E-state index < -0.39 is 0 Å². The highest BCUT2D eigenvalue weighted by atomic mass is 32.2. The molecule has 110 valence electrons. The number of urea groups is 1. The van der Waals surface area contributed by atoms with Crippen molar-refractivity contribution in [2.75, 3.05) is 12.3 Å². The van der Waals surface area contributed by atoms with Gasteiger partial charge >= 0.3 is 6.03 Å². The van der Waals surface area contributed by atoms with Gasteiger partial charge in [0.15, 0.2) is 0 Å². The Morgan fingerprint density at radius 2 is 2.30 bits per heavy atom. The van der Waals surface area contributed by atoms with Crippen LogP contribution in [0.5, 0.6) is 0 Å². The van der Waals surface area contributed by atoms with Gasteiger partial charge in [0.25, 0.3) is 0 Å². The molecule has 2 rings (SSSR count). The summed E-state index contributed by atoms with van der Waals surface area (Å²) in [4.78, 5) is 22.7. The van der Waals surface area contributed by atoms with Gasteiger partial charge in [-0.1, -0.05) is 6.42 Å². The topological polar surface area (TPSA) is 70.2 Å². The van der Waals surface area contributed by atoms with E-state index in [4.69, 9.17) is 6.42 Å². The maximum absolute atomic E-state index is 11.5. The van der Waals surface area contributed by atoms with E-state index in [1.54, 1.807) is 0 Å². The maximum atomic E-state index is 11.5. The lowest BCUT2D eigenvalue weighted by Crippen LogP contribution is -2.36. The number of thioether (sulfide) groups is 1. The number of amides is 3. The third-order valence-corrected chi connectivity index (χ3v) is 5.18. The summed E-state index contributed by atoms with van der Waals surface area (Å²) in [7, 11) is 0. The van der Waals surface area contributed by atoms with Crippen molar-refractivity contribution in [2.24, 2.45) is 0 Å². The average Bonchev–Trinajstić information content (AvgIpc) is 2.95. The van der Waals surface area contributed by atoms with E-state index in [9.17, 15) is 9.59 Å². The Balaban J connectivity index is 1.56. The minimum atomic E-state index is -0.0433. The van der Waals surface area contributed by atoms with Crippen molar-refractivity contribution in [3.05, 3.63) is 0 Å². The summed E-state index contributed by atoms with van der Waals surface area (Å²) < 4.78 is 0. The summed E-state index contributed by atoms with van der Waals surface area (Å²) in [5.74, 6) is 3.56. The molecule has 5 nitrogen and oxygen atoms in total. The van der Waals surface area contributed by atoms with Crippen LogP contribution in [0.2, 0.25) is 0 Å². The van der Waals surface area contributed by atoms with Gasteiger partial charge in [0.05, 0.1) is 12.1 Å². The van der Waals surface area contributed by atoms with Crippen LogP contribution >= 0.6 is 11.8 Å². The largest absolute Gasteiger partial charge is 0.355 e. The zero-order chi connectivity index (χ0) is 14.4. The van der Waals surface area contributed by atoms with E-state index in [1.807, 2.05) is 11.8 Å². The molecule has 2 aliphatic heterocycles. The minimum Gasteiger partial charge on any atom is -0.355 e. The molecule has 0 aliphatic carbocycles. The summed E-state index contributed by atoms with van der Waals surface area (Å²) in [6, 6.07) is 0.500. The van der Waals surface area contributed by atoms with Gasteiger partial charge in [-0.05, 0) is 12.8 Å². The molecule has 0 aromatic heterocycles. The van der Waals surface area contributed by atoms with E-state index in [0.29, 0.717) is 24.6 Å². The van der Waals surface area contributed by atoms with Gasteiger partial charge in [0, 0.05) is 30.4 Å². The van der Waals surface area contributed by atoms with Crippen LogP contribution in [0.25, 0.3) is 0 Å². The highest BCUT2D eigenvalue weighted by Crippen LogP contribution is 2.33. The maximum Gasteiger partial charge on any atom is 0.315 e. The molecule has 0 aromatic rings. The Bertz CT molecular complexity index is 408. The molecule has 0 bridgehead atoms. The molecule has 2 saturated heterocycles. The fraction of sp³-hybridized carbons (Fsp3) is 0.714. The summed E-state index contributed by atoms with van der Waals surface area (Å²) in [5.41, 5.74) is 0. The number of hydrogen-bond acceptors (Lipinski definition) is 3. The van der Waals surface area contributed by atoms with Gasteiger partial charge in [-0.3, -0.25) is 4.79 Å². The highest BCUT2D eigenvalue weighted by molar-refractivity contribution is 8.00. The van der Waals surface area contributed by atoms with Crippen molar-refractivity contribution in [1.29, 1.82) is 0 Å². The lowest BCUT2D eigenvalue weighted by Gasteiger charge is -2.16. The van der Waals surface area contributed by atoms with Crippen LogP contribution in [-0.4, -0.2) is 41.6 Å². The average molecular weight is 295 g/mol. The van der Waals surface area contributed by atoms with Crippen LogP contribution in [0.15, 0.2) is 0 Å². The number of hydrogen-bond donors (Lipinski definition) is 3. The van der Waals surface area contributed by atoms with Crippen molar-refractivity contribution in [2.45, 2.75) is 49.4 Å². The summed E-state index contributed by atoms with van der Waals surface area (Å²) >= 11 is 1.91. The molecule has 3 amide bonds. The first-order chi connectivity index (χ1) is 9.70. The first kappa shape index (κ1) is 15.0. The van der Waals surface area contributed by atoms with Crippen LogP contribution in [0.3, 0.4) is 0 Å². The number of carbonyl (C=O) groups is 2. The lowest BCUT2D eigenvalue weighted by molar-refractivity contribution is -0.121. The molecule has 2 fully saturated rings. The van der Waals surface area contributed by atoms with E-state index in [-0.39, 0.29) is 24.0 Å². The van der Waals surface area contributed by atoms with Gasteiger partial charge in [-0.15, -0.1) is 12.3 Å². The summed E-state index contributed by atoms with van der Waals surface area (Å²) in [6.07, 6.45) is 9.21. The lowest BCUT2D eigenvalue weighted by atomic mass is 10.0. The predicted molar refractivity (Wildman–Crippen MR) is 80.4 cm³/mol. The number of terminal acetylenes is 1. The van der Waals surface area contributed by atoms with Crippen molar-refractivity contribution in [3.8, 4) is 12.3 Å². The van der Waals surface area contributed by atoms with E-state index >= 15 is 0 Å². The summed E-state index contributed by atoms with van der Waals surface area (Å²) in [6.45, 7) is 0.565. The fourth-order valence-corrected chi connectivity index (χ4v) is 4.18. The van der Waals surface area contributed by atoms with Crippen molar-refractivity contribution < 1.29 is 9.59 Å². The molecule has 0 spiro atoms. The quantitative estimate of drug-likeness (QED) is 0.370. The van der Waals surface area contributed by atoms with Gasteiger partial charge in [0.1, 0.15) is 0 Å². The molecular weight excluding hydrogens is 274 g/mol. The molecular formula is C14H21N3O2S. The molecule has 3 atom stereocenters. The molecule has 20 heavy (non-hydrogen) atoms. The number of nitrogens with one attached hydrogen (secondary N) is 3. The Labute approximate surface area is 124 Å². The molecule has 3 N–H and O–H groups in total. The molecule has 2 heterocycles. The number of carbonyl (C=O) groups excluding carboxylic acids is 2. The van der Waals surface area contributed by atoms with Crippen LogP contribution in [0.1, 0.15) is 32.1 Å². The first-order valence-electron chi connectivity index (χ1n) is 7.09. The van der Waals surface area contributed by atoms with Crippen LogP contribution in [0.4, 0.5) is 4.79 Å². The number of rotatable bonds is 7. The van der Waals surface area contributed by atoms with Crippen LogP contribution in [-0.2, 0) is 4.79 Å². The molecule has 2 aliphatic rings. The second kappa shape index (κ2) is 7.44. The standard InChI is InChI=1S/C14H21N3O2S/c1-2-3-8-15-12(18)7-5-4-6-11-13-10(9-20-11)16-14(19)17-13/h1,10-11,13H,3-9H2,(H,15,18)(H2,16,17,19)/t10-,11-,13-/m0/s1. The van der Waals surface area contributed by atoms with Crippen LogP contribution < -0.4 is 16.0 Å². The van der Waals surface area contributed by atoms with Gasteiger partial charge in [-0.2, -0.15) is 11.8 Å². The Kier molecular flexibility index (Phi) is 5.60. The molecule has 0 aromatic carbocycles. The SMILES string of the molecule is C#CCCNC(=O)CCCC[C@@H]1SC[C@@H]2NC(=O)N[C@@H]21. The second-order valence-corrected chi connectivity index (χ2v) is 6.44. The molecule has 0 unspecified atom stereocenters. The van der Waals surface area contributed by atoms with Crippen LogP contribution in [0, 0.1) is 12.3 Å². The third kappa shape index (κ3) is 4.07. The van der Waals surface area contributed by atoms with Crippen molar-refractivity contribution in [1.82, 2.24) is 16.0 Å². The zero-order valence-electron chi connectivity index (χ0n) is 11.5. The minimum absolute atomic E-state index is 0.0433. The Hall–Kier alpha value is -1.35. The number of unbranched alkanes of at least 4 members (excludes halogenated alkanes) is 1. The Morgan fingerprint density at radius 1 is 1.45 bits per heavy atom. The fourth-order valence-electron chi connectivity index (χ4n) is 2.64. The van der Waals surface area contributed by atoms with E-state index in [0.717, 1.165) is 25.0 Å².